The Morgan fingerprint density at radius 1 is 1.10 bits per heavy atom. The minimum Gasteiger partial charge on any atom is -0.326 e. The number of aryl methyl sites for hydroxylation is 1. The maximum absolute atomic E-state index is 12.1. The standard InChI is InChI=1S/C14H17N3O2S/c15-11-12-5-1-2-7-14(12)17-20(18,19)10-8-13-6-3-4-9-16-13/h1-7,9,17H,8,10-11,15H2. The van der Waals surface area contributed by atoms with Gasteiger partial charge in [-0.2, -0.15) is 0 Å². The molecule has 2 rings (SSSR count). The van der Waals surface area contributed by atoms with Crippen LogP contribution in [0.1, 0.15) is 11.3 Å². The molecule has 0 amide bonds. The molecule has 0 aliphatic rings. The summed E-state index contributed by atoms with van der Waals surface area (Å²) in [5, 5.41) is 0. The Kier molecular flexibility index (Phi) is 4.70. The van der Waals surface area contributed by atoms with Gasteiger partial charge in [0.1, 0.15) is 0 Å². The Balaban J connectivity index is 2.04. The van der Waals surface area contributed by atoms with E-state index < -0.39 is 10.0 Å². The van der Waals surface area contributed by atoms with Gasteiger partial charge in [0.25, 0.3) is 0 Å². The van der Waals surface area contributed by atoms with Crippen molar-refractivity contribution in [1.82, 2.24) is 4.98 Å². The number of rotatable bonds is 6. The van der Waals surface area contributed by atoms with Crippen LogP contribution in [-0.2, 0) is 23.0 Å². The number of benzene rings is 1. The number of anilines is 1. The van der Waals surface area contributed by atoms with Crippen LogP contribution in [-0.4, -0.2) is 19.2 Å². The second-order valence-electron chi connectivity index (χ2n) is 4.35. The third kappa shape index (κ3) is 4.04. The Bertz CT molecular complexity index is 657. The Morgan fingerprint density at radius 2 is 1.85 bits per heavy atom. The van der Waals surface area contributed by atoms with Crippen LogP contribution >= 0.6 is 0 Å². The van der Waals surface area contributed by atoms with E-state index in [9.17, 15) is 8.42 Å². The highest BCUT2D eigenvalue weighted by Gasteiger charge is 2.12. The quantitative estimate of drug-likeness (QED) is 0.845. The third-order valence-electron chi connectivity index (χ3n) is 2.86. The van der Waals surface area contributed by atoms with Gasteiger partial charge in [-0.25, -0.2) is 8.42 Å². The molecule has 20 heavy (non-hydrogen) atoms. The monoisotopic (exact) mass is 291 g/mol. The Labute approximate surface area is 118 Å². The molecule has 0 aliphatic carbocycles. The molecule has 0 radical (unpaired) electrons. The van der Waals surface area contributed by atoms with Gasteiger partial charge in [0, 0.05) is 24.9 Å². The second kappa shape index (κ2) is 6.49. The number of aromatic nitrogens is 1. The summed E-state index contributed by atoms with van der Waals surface area (Å²) in [6.07, 6.45) is 2.03. The minimum atomic E-state index is -3.41. The van der Waals surface area contributed by atoms with Crippen molar-refractivity contribution in [3.63, 3.8) is 0 Å². The largest absolute Gasteiger partial charge is 0.326 e. The van der Waals surface area contributed by atoms with Crippen molar-refractivity contribution in [2.45, 2.75) is 13.0 Å². The molecule has 0 aliphatic heterocycles. The number of hydrogen-bond acceptors (Lipinski definition) is 4. The maximum Gasteiger partial charge on any atom is 0.233 e. The van der Waals surface area contributed by atoms with Gasteiger partial charge in [0.05, 0.1) is 11.4 Å². The van der Waals surface area contributed by atoms with E-state index in [1.807, 2.05) is 18.2 Å². The molecule has 1 aromatic carbocycles. The molecule has 0 saturated carbocycles. The molecule has 0 atom stereocenters. The molecule has 0 fully saturated rings. The van der Waals surface area contributed by atoms with Gasteiger partial charge in [-0.3, -0.25) is 9.71 Å². The fourth-order valence-electron chi connectivity index (χ4n) is 1.80. The van der Waals surface area contributed by atoms with Crippen LogP contribution in [0.4, 0.5) is 5.69 Å². The summed E-state index contributed by atoms with van der Waals surface area (Å²) < 4.78 is 26.7. The molecule has 1 aromatic heterocycles. The van der Waals surface area contributed by atoms with Gasteiger partial charge in [-0.05, 0) is 23.8 Å². The number of hydrogen-bond donors (Lipinski definition) is 2. The first-order valence-corrected chi connectivity index (χ1v) is 7.94. The molecule has 6 heteroatoms. The van der Waals surface area contributed by atoms with E-state index in [0.29, 0.717) is 18.7 Å². The zero-order chi connectivity index (χ0) is 14.4. The van der Waals surface area contributed by atoms with Crippen molar-refractivity contribution >= 4 is 15.7 Å². The van der Waals surface area contributed by atoms with Gasteiger partial charge in [0.2, 0.25) is 10.0 Å². The lowest BCUT2D eigenvalue weighted by molar-refractivity contribution is 0.600. The summed E-state index contributed by atoms with van der Waals surface area (Å²) in [5.41, 5.74) is 7.65. The van der Waals surface area contributed by atoms with Crippen LogP contribution in [0, 0.1) is 0 Å². The highest BCUT2D eigenvalue weighted by molar-refractivity contribution is 7.92. The summed E-state index contributed by atoms with van der Waals surface area (Å²) in [4.78, 5) is 4.11. The summed E-state index contributed by atoms with van der Waals surface area (Å²) in [6.45, 7) is 0.291. The topological polar surface area (TPSA) is 85.1 Å². The highest BCUT2D eigenvalue weighted by Crippen LogP contribution is 2.16. The lowest BCUT2D eigenvalue weighted by atomic mass is 10.2. The van der Waals surface area contributed by atoms with Crippen LogP contribution in [0.3, 0.4) is 0 Å². The lowest BCUT2D eigenvalue weighted by Gasteiger charge is -2.11. The number of pyridine rings is 1. The van der Waals surface area contributed by atoms with Gasteiger partial charge >= 0.3 is 0 Å². The first-order chi connectivity index (χ1) is 9.61. The molecule has 2 aromatic rings. The van der Waals surface area contributed by atoms with Crippen LogP contribution in [0.5, 0.6) is 0 Å². The molecular weight excluding hydrogens is 274 g/mol. The molecule has 1 heterocycles. The van der Waals surface area contributed by atoms with Crippen LogP contribution in [0.2, 0.25) is 0 Å². The van der Waals surface area contributed by atoms with Crippen LogP contribution in [0.25, 0.3) is 0 Å². The first kappa shape index (κ1) is 14.5. The minimum absolute atomic E-state index is 0.0110. The Morgan fingerprint density at radius 3 is 2.55 bits per heavy atom. The number of nitrogens with two attached hydrogens (primary N) is 1. The Hall–Kier alpha value is -1.92. The van der Waals surface area contributed by atoms with Gasteiger partial charge in [-0.15, -0.1) is 0 Å². The van der Waals surface area contributed by atoms with E-state index in [1.54, 1.807) is 30.5 Å². The van der Waals surface area contributed by atoms with Crippen molar-refractivity contribution < 1.29 is 8.42 Å². The van der Waals surface area contributed by atoms with E-state index in [1.165, 1.54) is 0 Å². The van der Waals surface area contributed by atoms with E-state index in [0.717, 1.165) is 11.3 Å². The SMILES string of the molecule is NCc1ccccc1NS(=O)(=O)CCc1ccccn1. The molecule has 0 spiro atoms. The van der Waals surface area contributed by atoms with Crippen LogP contribution in [0.15, 0.2) is 48.7 Å². The molecular formula is C14H17N3O2S. The summed E-state index contributed by atoms with van der Waals surface area (Å²) in [5.74, 6) is -0.0110. The van der Waals surface area contributed by atoms with Crippen molar-refractivity contribution in [2.24, 2.45) is 5.73 Å². The summed E-state index contributed by atoms with van der Waals surface area (Å²) >= 11 is 0. The predicted molar refractivity (Wildman–Crippen MR) is 79.7 cm³/mol. The second-order valence-corrected chi connectivity index (χ2v) is 6.20. The molecule has 3 N–H and O–H groups in total. The predicted octanol–water partition coefficient (Wildman–Crippen LogP) is 1.52. The number of nitrogens with one attached hydrogen (secondary N) is 1. The molecule has 5 nitrogen and oxygen atoms in total. The number of nitrogens with zero attached hydrogens (tertiary/aromatic N) is 1. The van der Waals surface area contributed by atoms with E-state index in [-0.39, 0.29) is 5.75 Å². The first-order valence-electron chi connectivity index (χ1n) is 6.29. The van der Waals surface area contributed by atoms with Crippen molar-refractivity contribution in [1.29, 1.82) is 0 Å². The fourth-order valence-corrected chi connectivity index (χ4v) is 2.92. The zero-order valence-electron chi connectivity index (χ0n) is 11.0. The smallest absolute Gasteiger partial charge is 0.233 e. The van der Waals surface area contributed by atoms with Crippen molar-refractivity contribution in [2.75, 3.05) is 10.5 Å². The fraction of sp³-hybridized carbons (Fsp3) is 0.214. The highest BCUT2D eigenvalue weighted by atomic mass is 32.2. The maximum atomic E-state index is 12.1. The number of para-hydroxylation sites is 1. The van der Waals surface area contributed by atoms with Crippen molar-refractivity contribution in [3.8, 4) is 0 Å². The molecule has 0 saturated heterocycles. The molecule has 0 bridgehead atoms. The third-order valence-corrected chi connectivity index (χ3v) is 4.13. The average Bonchev–Trinajstić information content (AvgIpc) is 2.47. The van der Waals surface area contributed by atoms with Crippen LogP contribution < -0.4 is 10.5 Å². The lowest BCUT2D eigenvalue weighted by Crippen LogP contribution is -2.19. The molecule has 0 unspecified atom stereocenters. The van der Waals surface area contributed by atoms with E-state index >= 15 is 0 Å². The van der Waals surface area contributed by atoms with Gasteiger partial charge in [0.15, 0.2) is 0 Å². The van der Waals surface area contributed by atoms with Gasteiger partial charge < -0.3 is 5.73 Å². The zero-order valence-corrected chi connectivity index (χ0v) is 11.8. The van der Waals surface area contributed by atoms with Gasteiger partial charge in [-0.1, -0.05) is 24.3 Å². The van der Waals surface area contributed by atoms with E-state index in [4.69, 9.17) is 5.73 Å². The average molecular weight is 291 g/mol. The van der Waals surface area contributed by atoms with Crippen molar-refractivity contribution in [3.05, 3.63) is 59.9 Å². The summed E-state index contributed by atoms with van der Waals surface area (Å²) in [6, 6.07) is 12.6. The summed E-state index contributed by atoms with van der Waals surface area (Å²) in [7, 11) is -3.41. The molecule has 106 valence electrons. The normalized spacial score (nSPS) is 11.2. The number of sulfonamides is 1. The van der Waals surface area contributed by atoms with E-state index in [2.05, 4.69) is 9.71 Å².